The second-order valence-electron chi connectivity index (χ2n) is 7.51. The first-order valence-corrected chi connectivity index (χ1v) is 12.0. The molecule has 1 aliphatic heterocycles. The Labute approximate surface area is 192 Å². The fraction of sp³-hybridized carbons (Fsp3) is 0.273. The zero-order valence-corrected chi connectivity index (χ0v) is 19.4. The van der Waals surface area contributed by atoms with E-state index >= 15 is 0 Å². The molecule has 0 atom stereocenters. The van der Waals surface area contributed by atoms with Crippen molar-refractivity contribution in [1.82, 2.24) is 9.97 Å². The van der Waals surface area contributed by atoms with Crippen molar-refractivity contribution >= 4 is 44.8 Å². The molecule has 0 amide bonds. The van der Waals surface area contributed by atoms with Gasteiger partial charge in [0, 0.05) is 41.2 Å². The Hall–Kier alpha value is -2.88. The third kappa shape index (κ3) is 5.29. The van der Waals surface area contributed by atoms with E-state index in [4.69, 9.17) is 16.3 Å². The quantitative estimate of drug-likeness (QED) is 0.555. The number of ether oxygens (including phenoxy) is 1. The van der Waals surface area contributed by atoms with E-state index in [-0.39, 0.29) is 4.90 Å². The van der Waals surface area contributed by atoms with Crippen molar-refractivity contribution in [3.63, 3.8) is 0 Å². The van der Waals surface area contributed by atoms with Crippen LogP contribution in [0.5, 0.6) is 0 Å². The van der Waals surface area contributed by atoms with Crippen LogP contribution in [0.1, 0.15) is 11.3 Å². The smallest absolute Gasteiger partial charge is 0.262 e. The van der Waals surface area contributed by atoms with Gasteiger partial charge in [0.25, 0.3) is 10.0 Å². The highest BCUT2D eigenvalue weighted by Crippen LogP contribution is 2.25. The molecule has 0 spiro atoms. The van der Waals surface area contributed by atoms with Crippen LogP contribution in [0.15, 0.2) is 53.4 Å². The predicted molar refractivity (Wildman–Crippen MR) is 127 cm³/mol. The first-order chi connectivity index (χ1) is 15.3. The molecule has 0 aliphatic carbocycles. The second-order valence-corrected chi connectivity index (χ2v) is 9.60. The predicted octanol–water partition coefficient (Wildman–Crippen LogP) is 4.13. The minimum absolute atomic E-state index is 0.149. The summed E-state index contributed by atoms with van der Waals surface area (Å²) < 4.78 is 33.5. The van der Waals surface area contributed by atoms with Gasteiger partial charge in [0.05, 0.1) is 18.1 Å². The fourth-order valence-electron chi connectivity index (χ4n) is 3.39. The Bertz CT molecular complexity index is 1210. The van der Waals surface area contributed by atoms with Crippen LogP contribution in [0.25, 0.3) is 0 Å². The number of hydrogen-bond acceptors (Lipinski definition) is 7. The maximum absolute atomic E-state index is 12.8. The van der Waals surface area contributed by atoms with Crippen molar-refractivity contribution < 1.29 is 13.2 Å². The van der Waals surface area contributed by atoms with E-state index in [1.807, 2.05) is 13.0 Å². The highest BCUT2D eigenvalue weighted by molar-refractivity contribution is 7.92. The standard InChI is InChI=1S/C22H24ClN5O3S/c1-15-3-4-17(23)14-20(15)32(29,30)27-19-7-5-18(6-8-19)25-22-24-16(2)13-21(26-22)28-9-11-31-12-10-28/h3-8,13-14,27H,9-12H2,1-2H3,(H,24,25,26). The zero-order valence-electron chi connectivity index (χ0n) is 17.8. The summed E-state index contributed by atoms with van der Waals surface area (Å²) in [4.78, 5) is 11.4. The summed E-state index contributed by atoms with van der Waals surface area (Å²) >= 11 is 5.97. The number of aromatic nitrogens is 2. The number of halogens is 1. The normalized spacial score (nSPS) is 14.3. The van der Waals surface area contributed by atoms with E-state index in [1.54, 1.807) is 43.3 Å². The lowest BCUT2D eigenvalue weighted by Gasteiger charge is -2.28. The number of aryl methyl sites for hydroxylation is 2. The maximum Gasteiger partial charge on any atom is 0.262 e. The van der Waals surface area contributed by atoms with Crippen molar-refractivity contribution in [1.29, 1.82) is 0 Å². The summed E-state index contributed by atoms with van der Waals surface area (Å²) in [6, 6.07) is 13.6. The Kier molecular flexibility index (Phi) is 6.50. The summed E-state index contributed by atoms with van der Waals surface area (Å²) in [5.41, 5.74) is 2.65. The SMILES string of the molecule is Cc1cc(N2CCOCC2)nc(Nc2ccc(NS(=O)(=O)c3cc(Cl)ccc3C)cc2)n1. The number of rotatable bonds is 6. The van der Waals surface area contributed by atoms with Crippen molar-refractivity contribution in [3.05, 3.63) is 64.8 Å². The van der Waals surface area contributed by atoms with E-state index < -0.39 is 10.0 Å². The molecular formula is C22H24ClN5O3S. The van der Waals surface area contributed by atoms with Gasteiger partial charge in [-0.2, -0.15) is 4.98 Å². The van der Waals surface area contributed by atoms with E-state index in [0.29, 0.717) is 35.4 Å². The molecule has 1 aliphatic rings. The molecular weight excluding hydrogens is 450 g/mol. The topological polar surface area (TPSA) is 96.5 Å². The third-order valence-electron chi connectivity index (χ3n) is 5.01. The molecule has 1 saturated heterocycles. The lowest BCUT2D eigenvalue weighted by atomic mass is 10.2. The molecule has 2 aromatic carbocycles. The Morgan fingerprint density at radius 2 is 1.66 bits per heavy atom. The molecule has 10 heteroatoms. The summed E-state index contributed by atoms with van der Waals surface area (Å²) in [5, 5.41) is 3.55. The van der Waals surface area contributed by atoms with Crippen LogP contribution in [-0.2, 0) is 14.8 Å². The van der Waals surface area contributed by atoms with E-state index in [2.05, 4.69) is 24.9 Å². The Balaban J connectivity index is 1.48. The van der Waals surface area contributed by atoms with Crippen molar-refractivity contribution in [3.8, 4) is 0 Å². The highest BCUT2D eigenvalue weighted by atomic mass is 35.5. The average Bonchev–Trinajstić information content (AvgIpc) is 2.77. The first kappa shape index (κ1) is 22.3. The molecule has 1 fully saturated rings. The number of sulfonamides is 1. The van der Waals surface area contributed by atoms with E-state index in [1.165, 1.54) is 6.07 Å². The summed E-state index contributed by atoms with van der Waals surface area (Å²) in [5.74, 6) is 1.33. The van der Waals surface area contributed by atoms with Gasteiger partial charge in [-0.05, 0) is 55.8 Å². The number of nitrogens with one attached hydrogen (secondary N) is 2. The molecule has 3 aromatic rings. The Morgan fingerprint density at radius 3 is 2.38 bits per heavy atom. The van der Waals surface area contributed by atoms with Gasteiger partial charge in [0.2, 0.25) is 5.95 Å². The molecule has 2 heterocycles. The molecule has 0 unspecified atom stereocenters. The number of hydrogen-bond donors (Lipinski definition) is 2. The van der Waals surface area contributed by atoms with Gasteiger partial charge in [-0.25, -0.2) is 13.4 Å². The van der Waals surface area contributed by atoms with Crippen LogP contribution in [0.3, 0.4) is 0 Å². The Morgan fingerprint density at radius 1 is 0.969 bits per heavy atom. The molecule has 32 heavy (non-hydrogen) atoms. The minimum Gasteiger partial charge on any atom is -0.378 e. The summed E-state index contributed by atoms with van der Waals surface area (Å²) in [6.45, 7) is 6.58. The summed E-state index contributed by atoms with van der Waals surface area (Å²) in [7, 11) is -3.76. The van der Waals surface area contributed by atoms with Crippen molar-refractivity contribution in [2.24, 2.45) is 0 Å². The molecule has 0 saturated carbocycles. The first-order valence-electron chi connectivity index (χ1n) is 10.1. The maximum atomic E-state index is 12.8. The molecule has 0 radical (unpaired) electrons. The largest absolute Gasteiger partial charge is 0.378 e. The van der Waals surface area contributed by atoms with Crippen LogP contribution >= 0.6 is 11.6 Å². The number of benzene rings is 2. The number of nitrogens with zero attached hydrogens (tertiary/aromatic N) is 3. The monoisotopic (exact) mass is 473 g/mol. The van der Waals surface area contributed by atoms with Crippen LogP contribution in [0.2, 0.25) is 5.02 Å². The molecule has 8 nitrogen and oxygen atoms in total. The third-order valence-corrected chi connectivity index (χ3v) is 6.77. The molecule has 168 valence electrons. The number of anilines is 4. The van der Waals surface area contributed by atoms with Crippen molar-refractivity contribution in [2.45, 2.75) is 18.7 Å². The lowest BCUT2D eigenvalue weighted by molar-refractivity contribution is 0.122. The van der Waals surface area contributed by atoms with Gasteiger partial charge in [0.15, 0.2) is 0 Å². The van der Waals surface area contributed by atoms with Gasteiger partial charge >= 0.3 is 0 Å². The van der Waals surface area contributed by atoms with Gasteiger partial charge in [-0.3, -0.25) is 4.72 Å². The molecule has 0 bridgehead atoms. The van der Waals surface area contributed by atoms with E-state index in [9.17, 15) is 8.42 Å². The van der Waals surface area contributed by atoms with E-state index in [0.717, 1.165) is 30.3 Å². The minimum atomic E-state index is -3.76. The van der Waals surface area contributed by atoms with Gasteiger partial charge in [-0.1, -0.05) is 17.7 Å². The van der Waals surface area contributed by atoms with Crippen LogP contribution in [0.4, 0.5) is 23.1 Å². The average molecular weight is 474 g/mol. The molecule has 1 aromatic heterocycles. The summed E-state index contributed by atoms with van der Waals surface area (Å²) in [6.07, 6.45) is 0. The fourth-order valence-corrected chi connectivity index (χ4v) is 4.95. The van der Waals surface area contributed by atoms with Gasteiger partial charge in [-0.15, -0.1) is 0 Å². The molecule has 2 N–H and O–H groups in total. The van der Waals surface area contributed by atoms with Crippen LogP contribution < -0.4 is 14.9 Å². The molecule has 4 rings (SSSR count). The zero-order chi connectivity index (χ0) is 22.7. The van der Waals surface area contributed by atoms with Gasteiger partial charge < -0.3 is 15.0 Å². The van der Waals surface area contributed by atoms with Crippen LogP contribution in [-0.4, -0.2) is 44.7 Å². The highest BCUT2D eigenvalue weighted by Gasteiger charge is 2.18. The van der Waals surface area contributed by atoms with Gasteiger partial charge in [0.1, 0.15) is 5.82 Å². The lowest BCUT2D eigenvalue weighted by Crippen LogP contribution is -2.36. The number of morpholine rings is 1. The van der Waals surface area contributed by atoms with Crippen LogP contribution in [0, 0.1) is 13.8 Å². The second kappa shape index (κ2) is 9.32. The van der Waals surface area contributed by atoms with Crippen molar-refractivity contribution in [2.75, 3.05) is 41.2 Å².